The fourth-order valence-electron chi connectivity index (χ4n) is 3.30. The zero-order valence-electron chi connectivity index (χ0n) is 18.1. The van der Waals surface area contributed by atoms with E-state index in [4.69, 9.17) is 14.0 Å². The lowest BCUT2D eigenvalue weighted by Gasteiger charge is -2.37. The number of ether oxygens (including phenoxy) is 1. The summed E-state index contributed by atoms with van der Waals surface area (Å²) in [5.74, 6) is 0. The topological polar surface area (TPSA) is 64.1 Å². The van der Waals surface area contributed by atoms with Gasteiger partial charge in [0.05, 0.1) is 11.2 Å². The van der Waals surface area contributed by atoms with Crippen LogP contribution in [0.5, 0.6) is 0 Å². The Morgan fingerprint density at radius 2 is 1.68 bits per heavy atom. The van der Waals surface area contributed by atoms with Crippen molar-refractivity contribution in [1.29, 1.82) is 0 Å². The van der Waals surface area contributed by atoms with Crippen LogP contribution in [-0.2, 0) is 14.0 Å². The molecule has 154 valence electrons. The Morgan fingerprint density at radius 3 is 2.21 bits per heavy atom. The number of piperazine rings is 1. The fourth-order valence-corrected chi connectivity index (χ4v) is 3.30. The molecule has 2 saturated heterocycles. The highest BCUT2D eigenvalue weighted by Gasteiger charge is 2.52. The summed E-state index contributed by atoms with van der Waals surface area (Å²) in [5.41, 5.74) is 0.674. The van der Waals surface area contributed by atoms with Gasteiger partial charge < -0.3 is 23.8 Å². The first-order chi connectivity index (χ1) is 12.9. The molecule has 2 fully saturated rings. The first-order valence-corrected chi connectivity index (χ1v) is 9.92. The molecular weight excluding hydrogens is 357 g/mol. The Bertz CT molecular complexity index is 708. The van der Waals surface area contributed by atoms with Crippen molar-refractivity contribution in [3.63, 3.8) is 0 Å². The summed E-state index contributed by atoms with van der Waals surface area (Å²) in [6.45, 7) is 16.5. The van der Waals surface area contributed by atoms with E-state index < -0.39 is 23.9 Å². The van der Waals surface area contributed by atoms with E-state index >= 15 is 0 Å². The van der Waals surface area contributed by atoms with Gasteiger partial charge in [0.25, 0.3) is 0 Å². The van der Waals surface area contributed by atoms with E-state index in [0.29, 0.717) is 13.1 Å². The van der Waals surface area contributed by atoms with Gasteiger partial charge in [-0.3, -0.25) is 4.98 Å². The van der Waals surface area contributed by atoms with Gasteiger partial charge in [0.2, 0.25) is 0 Å². The molecule has 0 aromatic carbocycles. The second-order valence-corrected chi connectivity index (χ2v) is 9.48. The standard InChI is InChI=1S/C20H32BN3O4/c1-18(2,3)26-17(25)24-12-10-23(11-13-24)16-8-9-22-14-15(16)21-27-19(4,5)20(6,7)28-21/h8-9,14H,10-13H2,1-7H3. The Hall–Kier alpha value is -1.80. The lowest BCUT2D eigenvalue weighted by atomic mass is 9.78. The lowest BCUT2D eigenvalue weighted by Crippen LogP contribution is -2.52. The van der Waals surface area contributed by atoms with Crippen LogP contribution in [0.15, 0.2) is 18.5 Å². The van der Waals surface area contributed by atoms with E-state index in [1.807, 2.05) is 60.7 Å². The van der Waals surface area contributed by atoms with Crippen LogP contribution in [0.2, 0.25) is 0 Å². The Balaban J connectivity index is 1.71. The van der Waals surface area contributed by atoms with Gasteiger partial charge >= 0.3 is 13.2 Å². The minimum atomic E-state index is -0.483. The normalized spacial score (nSPS) is 21.8. The highest BCUT2D eigenvalue weighted by Crippen LogP contribution is 2.37. The molecule has 0 bridgehead atoms. The minimum absolute atomic E-state index is 0.256. The molecule has 0 aliphatic carbocycles. The van der Waals surface area contributed by atoms with Crippen LogP contribution in [-0.4, -0.2) is 66.1 Å². The van der Waals surface area contributed by atoms with Crippen LogP contribution in [0.4, 0.5) is 10.5 Å². The molecule has 2 aliphatic rings. The maximum Gasteiger partial charge on any atom is 0.498 e. The summed E-state index contributed by atoms with van der Waals surface area (Å²) < 4.78 is 17.9. The first kappa shape index (κ1) is 20.9. The highest BCUT2D eigenvalue weighted by molar-refractivity contribution is 6.63. The number of carbonyl (C=O) groups is 1. The number of rotatable bonds is 2. The van der Waals surface area contributed by atoms with Crippen molar-refractivity contribution in [2.24, 2.45) is 0 Å². The van der Waals surface area contributed by atoms with Crippen molar-refractivity contribution in [3.8, 4) is 0 Å². The van der Waals surface area contributed by atoms with Crippen molar-refractivity contribution in [2.45, 2.75) is 65.3 Å². The van der Waals surface area contributed by atoms with Crippen LogP contribution < -0.4 is 10.4 Å². The molecule has 1 aromatic heterocycles. The third kappa shape index (κ3) is 4.28. The Kier molecular flexibility index (Phi) is 5.40. The van der Waals surface area contributed by atoms with Crippen LogP contribution in [0.3, 0.4) is 0 Å². The molecule has 0 unspecified atom stereocenters. The van der Waals surface area contributed by atoms with Gasteiger partial charge in [-0.15, -0.1) is 0 Å². The smallest absolute Gasteiger partial charge is 0.444 e. The molecule has 28 heavy (non-hydrogen) atoms. The molecule has 1 amide bonds. The van der Waals surface area contributed by atoms with E-state index in [1.165, 1.54) is 0 Å². The van der Waals surface area contributed by atoms with Gasteiger partial charge in [-0.05, 0) is 54.5 Å². The van der Waals surface area contributed by atoms with E-state index in [-0.39, 0.29) is 6.09 Å². The largest absolute Gasteiger partial charge is 0.498 e. The molecule has 7 nitrogen and oxygen atoms in total. The number of nitrogens with zero attached hydrogens (tertiary/aromatic N) is 3. The summed E-state index contributed by atoms with van der Waals surface area (Å²) >= 11 is 0. The van der Waals surface area contributed by atoms with Gasteiger partial charge in [-0.25, -0.2) is 4.79 Å². The van der Waals surface area contributed by atoms with Crippen molar-refractivity contribution in [1.82, 2.24) is 9.88 Å². The van der Waals surface area contributed by atoms with Crippen molar-refractivity contribution in [2.75, 3.05) is 31.1 Å². The molecule has 0 radical (unpaired) electrons. The third-order valence-corrected chi connectivity index (χ3v) is 5.61. The molecule has 0 spiro atoms. The number of hydrogen-bond acceptors (Lipinski definition) is 6. The molecule has 3 rings (SSSR count). The maximum absolute atomic E-state index is 12.3. The van der Waals surface area contributed by atoms with Crippen LogP contribution in [0, 0.1) is 0 Å². The lowest BCUT2D eigenvalue weighted by molar-refractivity contribution is 0.00578. The second-order valence-electron chi connectivity index (χ2n) is 9.48. The van der Waals surface area contributed by atoms with Crippen LogP contribution in [0.25, 0.3) is 0 Å². The van der Waals surface area contributed by atoms with Crippen molar-refractivity contribution in [3.05, 3.63) is 18.5 Å². The second kappa shape index (κ2) is 7.23. The number of pyridine rings is 1. The molecule has 0 N–H and O–H groups in total. The van der Waals surface area contributed by atoms with Crippen LogP contribution >= 0.6 is 0 Å². The molecule has 8 heteroatoms. The van der Waals surface area contributed by atoms with E-state index in [2.05, 4.69) is 9.88 Å². The van der Waals surface area contributed by atoms with Gasteiger partial charge in [-0.1, -0.05) is 0 Å². The monoisotopic (exact) mass is 389 g/mol. The molecule has 2 aliphatic heterocycles. The predicted molar refractivity (Wildman–Crippen MR) is 110 cm³/mol. The number of anilines is 1. The Labute approximate surface area is 168 Å². The minimum Gasteiger partial charge on any atom is -0.444 e. The molecular formula is C20H32BN3O4. The average molecular weight is 389 g/mol. The molecule has 0 atom stereocenters. The van der Waals surface area contributed by atoms with Gasteiger partial charge in [0, 0.05) is 49.7 Å². The quantitative estimate of drug-likeness (QED) is 0.724. The highest BCUT2D eigenvalue weighted by atomic mass is 16.7. The first-order valence-electron chi connectivity index (χ1n) is 9.92. The summed E-state index contributed by atoms with van der Waals surface area (Å²) in [4.78, 5) is 20.6. The predicted octanol–water partition coefficient (Wildman–Crippen LogP) is 2.44. The summed E-state index contributed by atoms with van der Waals surface area (Å²) in [7, 11) is -0.461. The molecule has 0 saturated carbocycles. The number of carbonyl (C=O) groups excluding carboxylic acids is 1. The van der Waals surface area contributed by atoms with Gasteiger partial charge in [0.1, 0.15) is 5.60 Å². The van der Waals surface area contributed by atoms with E-state index in [9.17, 15) is 4.79 Å². The fraction of sp³-hybridized carbons (Fsp3) is 0.700. The number of amides is 1. The van der Waals surface area contributed by atoms with Crippen LogP contribution in [0.1, 0.15) is 48.5 Å². The van der Waals surface area contributed by atoms with E-state index in [1.54, 1.807) is 11.1 Å². The number of aromatic nitrogens is 1. The van der Waals surface area contributed by atoms with Gasteiger partial charge in [-0.2, -0.15) is 0 Å². The summed E-state index contributed by atoms with van der Waals surface area (Å²) in [6.07, 6.45) is 3.34. The molecule has 3 heterocycles. The maximum atomic E-state index is 12.3. The van der Waals surface area contributed by atoms with Crippen molar-refractivity contribution >= 4 is 24.4 Å². The zero-order valence-corrected chi connectivity index (χ0v) is 18.1. The summed E-state index contributed by atoms with van der Waals surface area (Å²) in [6, 6.07) is 1.99. The zero-order chi connectivity index (χ0) is 20.7. The van der Waals surface area contributed by atoms with Crippen molar-refractivity contribution < 1.29 is 18.8 Å². The molecule has 1 aromatic rings. The van der Waals surface area contributed by atoms with Gasteiger partial charge in [0.15, 0.2) is 0 Å². The number of hydrogen-bond donors (Lipinski definition) is 0. The van der Waals surface area contributed by atoms with E-state index in [0.717, 1.165) is 24.2 Å². The summed E-state index contributed by atoms with van der Waals surface area (Å²) in [5, 5.41) is 0. The Morgan fingerprint density at radius 1 is 1.11 bits per heavy atom. The third-order valence-electron chi connectivity index (χ3n) is 5.61. The SMILES string of the molecule is CC(C)(C)OC(=O)N1CCN(c2ccncc2B2OC(C)(C)C(C)(C)O2)CC1. The average Bonchev–Trinajstić information content (AvgIpc) is 2.81.